The molecule has 3 saturated carbocycles. The summed E-state index contributed by atoms with van der Waals surface area (Å²) >= 11 is 0. The van der Waals surface area contributed by atoms with E-state index in [9.17, 15) is 9.90 Å². The number of rotatable bonds is 2. The third kappa shape index (κ3) is 2.29. The molecule has 1 saturated heterocycles. The van der Waals surface area contributed by atoms with E-state index < -0.39 is 5.60 Å². The van der Waals surface area contributed by atoms with Crippen LogP contribution < -0.4 is 0 Å². The molecule has 0 aromatic heterocycles. The van der Waals surface area contributed by atoms with Crippen LogP contribution in [0.1, 0.15) is 65.7 Å². The SMILES string of the molecule is CC12CCC(=O)C=C1C(CN1CC1)CC1C2CCC2(C)C1CC[C@]2(C)O. The van der Waals surface area contributed by atoms with Gasteiger partial charge in [0.15, 0.2) is 5.78 Å². The van der Waals surface area contributed by atoms with Crippen molar-refractivity contribution in [2.75, 3.05) is 19.6 Å². The standard InChI is InChI=1S/C23H35NO2/c1-21-7-4-16(25)13-20(21)15(14-24-10-11-24)12-17-18(21)5-8-22(2)19(17)6-9-23(22,3)26/h13,15,17-19,26H,4-12,14H2,1-3H3/t15?,17?,18?,19?,21?,22?,23-/m0/s1. The Morgan fingerprint density at radius 2 is 1.85 bits per heavy atom. The Balaban J connectivity index is 1.53. The molecule has 0 aromatic rings. The van der Waals surface area contributed by atoms with Crippen molar-refractivity contribution in [1.29, 1.82) is 0 Å². The largest absolute Gasteiger partial charge is 0.390 e. The van der Waals surface area contributed by atoms with Crippen LogP contribution in [0.2, 0.25) is 0 Å². The predicted molar refractivity (Wildman–Crippen MR) is 103 cm³/mol. The first-order chi connectivity index (χ1) is 12.2. The molecule has 26 heavy (non-hydrogen) atoms. The molecular weight excluding hydrogens is 322 g/mol. The van der Waals surface area contributed by atoms with Crippen molar-refractivity contribution in [1.82, 2.24) is 4.90 Å². The summed E-state index contributed by atoms with van der Waals surface area (Å²) in [6.07, 6.45) is 9.63. The number of hydrogen-bond acceptors (Lipinski definition) is 3. The molecule has 0 amide bonds. The predicted octanol–water partition coefficient (Wildman–Crippen LogP) is 3.81. The molecule has 4 fully saturated rings. The Hall–Kier alpha value is -0.670. The maximum atomic E-state index is 12.3. The lowest BCUT2D eigenvalue weighted by molar-refractivity contribution is -0.128. The van der Waals surface area contributed by atoms with Crippen LogP contribution >= 0.6 is 0 Å². The van der Waals surface area contributed by atoms with E-state index in [1.165, 1.54) is 37.9 Å². The number of hydrogen-bond donors (Lipinski definition) is 1. The lowest BCUT2D eigenvalue weighted by Crippen LogP contribution is -2.56. The molecule has 5 rings (SSSR count). The van der Waals surface area contributed by atoms with Crippen molar-refractivity contribution >= 4 is 5.78 Å². The van der Waals surface area contributed by atoms with E-state index in [4.69, 9.17) is 0 Å². The molecule has 1 aliphatic heterocycles. The Morgan fingerprint density at radius 1 is 1.12 bits per heavy atom. The molecule has 1 N–H and O–H groups in total. The fraction of sp³-hybridized carbons (Fsp3) is 0.870. The second kappa shape index (κ2) is 5.44. The van der Waals surface area contributed by atoms with E-state index in [0.29, 0.717) is 23.5 Å². The third-order valence-corrected chi connectivity index (χ3v) is 9.70. The van der Waals surface area contributed by atoms with Gasteiger partial charge in [0.05, 0.1) is 5.60 Å². The lowest BCUT2D eigenvalue weighted by atomic mass is 9.45. The summed E-state index contributed by atoms with van der Waals surface area (Å²) in [6, 6.07) is 0. The normalized spacial score (nSPS) is 53.5. The highest BCUT2D eigenvalue weighted by Crippen LogP contribution is 2.68. The van der Waals surface area contributed by atoms with E-state index in [2.05, 4.69) is 31.7 Å². The Labute approximate surface area is 158 Å². The van der Waals surface area contributed by atoms with Crippen LogP contribution in [0.4, 0.5) is 0 Å². The zero-order valence-corrected chi connectivity index (χ0v) is 16.8. The Bertz CT molecular complexity index is 663. The average Bonchev–Trinajstić information content (AvgIpc) is 3.35. The number of fused-ring (bicyclic) bond motifs is 5. The fourth-order valence-corrected chi connectivity index (χ4v) is 7.77. The van der Waals surface area contributed by atoms with E-state index >= 15 is 0 Å². The number of nitrogens with zero attached hydrogens (tertiary/aromatic N) is 1. The van der Waals surface area contributed by atoms with E-state index in [1.54, 1.807) is 0 Å². The van der Waals surface area contributed by atoms with Crippen molar-refractivity contribution in [3.63, 3.8) is 0 Å². The summed E-state index contributed by atoms with van der Waals surface area (Å²) in [7, 11) is 0. The van der Waals surface area contributed by atoms with E-state index in [1.807, 2.05) is 0 Å². The molecule has 4 aliphatic carbocycles. The van der Waals surface area contributed by atoms with Gasteiger partial charge < -0.3 is 10.0 Å². The van der Waals surface area contributed by atoms with Crippen molar-refractivity contribution < 1.29 is 9.90 Å². The molecule has 6 unspecified atom stereocenters. The van der Waals surface area contributed by atoms with Crippen molar-refractivity contribution in [3.8, 4) is 0 Å². The molecule has 0 spiro atoms. The molecule has 5 aliphatic rings. The quantitative estimate of drug-likeness (QED) is 0.764. The minimum atomic E-state index is -0.502. The van der Waals surface area contributed by atoms with E-state index in [-0.39, 0.29) is 10.8 Å². The minimum Gasteiger partial charge on any atom is -0.390 e. The zero-order valence-electron chi connectivity index (χ0n) is 16.8. The summed E-state index contributed by atoms with van der Waals surface area (Å²) in [6.45, 7) is 10.6. The molecule has 0 radical (unpaired) electrons. The maximum Gasteiger partial charge on any atom is 0.155 e. The van der Waals surface area contributed by atoms with E-state index in [0.717, 1.165) is 38.1 Å². The topological polar surface area (TPSA) is 40.3 Å². The molecule has 0 bridgehead atoms. The number of carbonyl (C=O) groups excluding carboxylic acids is 1. The smallest absolute Gasteiger partial charge is 0.155 e. The van der Waals surface area contributed by atoms with Gasteiger partial charge in [-0.15, -0.1) is 0 Å². The Kier molecular flexibility index (Phi) is 3.65. The second-order valence-corrected chi connectivity index (χ2v) is 10.9. The molecule has 1 heterocycles. The first-order valence-corrected chi connectivity index (χ1v) is 10.9. The summed E-state index contributed by atoms with van der Waals surface area (Å²) in [5, 5.41) is 11.1. The fourth-order valence-electron chi connectivity index (χ4n) is 7.77. The molecule has 0 aromatic carbocycles. The highest BCUT2D eigenvalue weighted by atomic mass is 16.3. The summed E-state index contributed by atoms with van der Waals surface area (Å²) in [4.78, 5) is 14.8. The summed E-state index contributed by atoms with van der Waals surface area (Å²) in [5.41, 5.74) is 1.29. The third-order valence-electron chi connectivity index (χ3n) is 9.70. The summed E-state index contributed by atoms with van der Waals surface area (Å²) in [5.74, 6) is 3.00. The maximum absolute atomic E-state index is 12.3. The molecule has 3 heteroatoms. The number of aliphatic hydroxyl groups is 1. The van der Waals surface area contributed by atoms with Crippen molar-refractivity contribution in [3.05, 3.63) is 11.6 Å². The van der Waals surface area contributed by atoms with Crippen molar-refractivity contribution in [2.24, 2.45) is 34.5 Å². The van der Waals surface area contributed by atoms with Gasteiger partial charge in [-0.1, -0.05) is 19.4 Å². The molecule has 7 atom stereocenters. The monoisotopic (exact) mass is 357 g/mol. The van der Waals surface area contributed by atoms with Crippen LogP contribution in [0.15, 0.2) is 11.6 Å². The van der Waals surface area contributed by atoms with Gasteiger partial charge in [-0.05, 0) is 86.0 Å². The zero-order chi connectivity index (χ0) is 18.3. The number of ketones is 1. The second-order valence-electron chi connectivity index (χ2n) is 10.9. The van der Waals surface area contributed by atoms with Crippen LogP contribution in [0, 0.1) is 34.5 Å². The van der Waals surface area contributed by atoms with Gasteiger partial charge in [-0.2, -0.15) is 0 Å². The highest BCUT2D eigenvalue weighted by Gasteiger charge is 2.63. The minimum absolute atomic E-state index is 0.0840. The van der Waals surface area contributed by atoms with Gasteiger partial charge in [0.25, 0.3) is 0 Å². The first-order valence-electron chi connectivity index (χ1n) is 10.9. The first kappa shape index (κ1) is 17.4. The molecular formula is C23H35NO2. The van der Waals surface area contributed by atoms with Gasteiger partial charge in [0.1, 0.15) is 0 Å². The molecule has 144 valence electrons. The average molecular weight is 358 g/mol. The van der Waals surface area contributed by atoms with Gasteiger partial charge in [-0.3, -0.25) is 4.79 Å². The molecule has 3 nitrogen and oxygen atoms in total. The van der Waals surface area contributed by atoms with Gasteiger partial charge in [0.2, 0.25) is 0 Å². The highest BCUT2D eigenvalue weighted by molar-refractivity contribution is 5.91. The summed E-state index contributed by atoms with van der Waals surface area (Å²) < 4.78 is 0. The van der Waals surface area contributed by atoms with Crippen molar-refractivity contribution in [2.45, 2.75) is 71.3 Å². The van der Waals surface area contributed by atoms with Crippen LogP contribution in [0.5, 0.6) is 0 Å². The van der Waals surface area contributed by atoms with Crippen LogP contribution in [0.3, 0.4) is 0 Å². The lowest BCUT2D eigenvalue weighted by Gasteiger charge is -2.60. The Morgan fingerprint density at radius 3 is 2.58 bits per heavy atom. The van der Waals surface area contributed by atoms with Gasteiger partial charge in [0, 0.05) is 26.1 Å². The van der Waals surface area contributed by atoms with Crippen LogP contribution in [0.25, 0.3) is 0 Å². The van der Waals surface area contributed by atoms with Gasteiger partial charge in [-0.25, -0.2) is 0 Å². The van der Waals surface area contributed by atoms with Gasteiger partial charge >= 0.3 is 0 Å². The number of carbonyl (C=O) groups is 1. The van der Waals surface area contributed by atoms with Crippen LogP contribution in [-0.4, -0.2) is 41.0 Å². The van der Waals surface area contributed by atoms with Crippen LogP contribution in [-0.2, 0) is 4.79 Å².